The van der Waals surface area contributed by atoms with Gasteiger partial charge >= 0.3 is 12.2 Å². The maximum atomic E-state index is 13.7. The molecule has 1 fully saturated rings. The fourth-order valence-electron chi connectivity index (χ4n) is 3.01. The molecule has 3 rings (SSSR count). The molecule has 1 heterocycles. The maximum absolute atomic E-state index is 13.7. The molecule has 1 N–H and O–H groups in total. The third kappa shape index (κ3) is 4.77. The van der Waals surface area contributed by atoms with E-state index in [9.17, 15) is 22.4 Å². The second-order valence-electron chi connectivity index (χ2n) is 6.33. The molecule has 0 saturated carbocycles. The minimum absolute atomic E-state index is 0.260. The summed E-state index contributed by atoms with van der Waals surface area (Å²) in [7, 11) is 0. The molecule has 0 bridgehead atoms. The van der Waals surface area contributed by atoms with E-state index in [2.05, 4.69) is 5.32 Å². The van der Waals surface area contributed by atoms with Crippen LogP contribution in [0.5, 0.6) is 0 Å². The topological polar surface area (TPSA) is 35.6 Å². The van der Waals surface area contributed by atoms with Gasteiger partial charge in [-0.1, -0.05) is 30.3 Å². The molecule has 2 aromatic carbocycles. The van der Waals surface area contributed by atoms with E-state index in [0.717, 1.165) is 6.07 Å². The summed E-state index contributed by atoms with van der Waals surface area (Å²) in [6.07, 6.45) is -4.54. The van der Waals surface area contributed by atoms with E-state index >= 15 is 0 Å². The van der Waals surface area contributed by atoms with Crippen LogP contribution in [0.1, 0.15) is 11.1 Å². The number of alkyl halides is 3. The number of benzene rings is 2. The lowest BCUT2D eigenvalue weighted by molar-refractivity contribution is -0.136. The normalized spacial score (nSPS) is 15.6. The molecule has 1 aliphatic rings. The molecule has 2 amide bonds. The predicted octanol–water partition coefficient (Wildman–Crippen LogP) is 4.19. The van der Waals surface area contributed by atoms with Crippen molar-refractivity contribution in [2.24, 2.45) is 0 Å². The minimum atomic E-state index is -4.54. The summed E-state index contributed by atoms with van der Waals surface area (Å²) in [5.41, 5.74) is -0.560. The van der Waals surface area contributed by atoms with E-state index in [0.29, 0.717) is 38.3 Å². The van der Waals surface area contributed by atoms with E-state index in [1.54, 1.807) is 18.2 Å². The van der Waals surface area contributed by atoms with Gasteiger partial charge in [0, 0.05) is 38.3 Å². The number of hydrogen-bond acceptors (Lipinski definition) is 2. The Morgan fingerprint density at radius 2 is 1.59 bits per heavy atom. The molecule has 0 atom stereocenters. The van der Waals surface area contributed by atoms with Crippen LogP contribution in [0.2, 0.25) is 0 Å². The Morgan fingerprint density at radius 3 is 2.26 bits per heavy atom. The van der Waals surface area contributed by atoms with Crippen molar-refractivity contribution in [3.8, 4) is 0 Å². The molecule has 0 unspecified atom stereocenters. The van der Waals surface area contributed by atoms with Gasteiger partial charge in [-0.25, -0.2) is 9.18 Å². The Balaban J connectivity index is 1.57. The molecule has 8 heteroatoms. The van der Waals surface area contributed by atoms with E-state index in [1.165, 1.54) is 29.2 Å². The smallest absolute Gasteiger partial charge is 0.322 e. The summed E-state index contributed by atoms with van der Waals surface area (Å²) in [6, 6.07) is 10.8. The first-order valence-corrected chi connectivity index (χ1v) is 8.52. The van der Waals surface area contributed by atoms with Crippen molar-refractivity contribution in [2.45, 2.75) is 12.7 Å². The largest absolute Gasteiger partial charge is 0.418 e. The number of para-hydroxylation sites is 1. The van der Waals surface area contributed by atoms with Crippen molar-refractivity contribution < 1.29 is 22.4 Å². The van der Waals surface area contributed by atoms with Crippen LogP contribution in [-0.4, -0.2) is 42.0 Å². The fourth-order valence-corrected chi connectivity index (χ4v) is 3.01. The van der Waals surface area contributed by atoms with Crippen molar-refractivity contribution >= 4 is 11.7 Å². The zero-order valence-corrected chi connectivity index (χ0v) is 14.5. The molecule has 0 aliphatic carbocycles. The first-order valence-electron chi connectivity index (χ1n) is 8.52. The quantitative estimate of drug-likeness (QED) is 0.809. The summed E-state index contributed by atoms with van der Waals surface area (Å²) in [5.74, 6) is -0.276. The van der Waals surface area contributed by atoms with Crippen molar-refractivity contribution in [3.63, 3.8) is 0 Å². The highest BCUT2D eigenvalue weighted by molar-refractivity contribution is 5.90. The van der Waals surface area contributed by atoms with Crippen molar-refractivity contribution in [2.75, 3.05) is 31.5 Å². The third-order valence-corrected chi connectivity index (χ3v) is 4.49. The summed E-state index contributed by atoms with van der Waals surface area (Å²) < 4.78 is 52.8. The number of rotatable bonds is 3. The van der Waals surface area contributed by atoms with Crippen molar-refractivity contribution in [1.29, 1.82) is 0 Å². The Kier molecular flexibility index (Phi) is 5.65. The Bertz CT molecular complexity index is 802. The van der Waals surface area contributed by atoms with Crippen LogP contribution in [-0.2, 0) is 12.7 Å². The lowest BCUT2D eigenvalue weighted by atomic mass is 10.1. The highest BCUT2D eigenvalue weighted by Gasteiger charge is 2.34. The molecule has 1 aliphatic heterocycles. The lowest BCUT2D eigenvalue weighted by Gasteiger charge is -2.34. The van der Waals surface area contributed by atoms with E-state index in [1.807, 2.05) is 4.90 Å². The predicted molar refractivity (Wildman–Crippen MR) is 93.7 cm³/mol. The maximum Gasteiger partial charge on any atom is 0.418 e. The van der Waals surface area contributed by atoms with Gasteiger partial charge in [-0.3, -0.25) is 4.90 Å². The monoisotopic (exact) mass is 381 g/mol. The van der Waals surface area contributed by atoms with Gasteiger partial charge in [-0.05, 0) is 18.2 Å². The van der Waals surface area contributed by atoms with Crippen LogP contribution in [0.25, 0.3) is 0 Å². The Labute approximate surface area is 154 Å². The Morgan fingerprint density at radius 1 is 0.963 bits per heavy atom. The van der Waals surface area contributed by atoms with Gasteiger partial charge in [0.1, 0.15) is 5.82 Å². The molecule has 4 nitrogen and oxygen atoms in total. The number of urea groups is 1. The number of anilines is 1. The molecule has 1 saturated heterocycles. The van der Waals surface area contributed by atoms with Gasteiger partial charge in [0.2, 0.25) is 0 Å². The van der Waals surface area contributed by atoms with Crippen molar-refractivity contribution in [3.05, 3.63) is 65.5 Å². The number of hydrogen-bond donors (Lipinski definition) is 1. The second kappa shape index (κ2) is 7.96. The number of carbonyl (C=O) groups excluding carboxylic acids is 1. The first-order chi connectivity index (χ1) is 12.8. The van der Waals surface area contributed by atoms with Crippen LogP contribution in [0.4, 0.5) is 28.0 Å². The number of halogens is 4. The van der Waals surface area contributed by atoms with Gasteiger partial charge in [-0.15, -0.1) is 0 Å². The van der Waals surface area contributed by atoms with E-state index in [4.69, 9.17) is 0 Å². The molecule has 0 aromatic heterocycles. The van der Waals surface area contributed by atoms with Gasteiger partial charge in [-0.2, -0.15) is 13.2 Å². The zero-order chi connectivity index (χ0) is 19.4. The first kappa shape index (κ1) is 19.2. The SMILES string of the molecule is O=C(Nc1ccccc1C(F)(F)F)N1CCN(Cc2ccccc2F)CC1. The molecule has 2 aromatic rings. The average molecular weight is 381 g/mol. The van der Waals surface area contributed by atoms with Gasteiger partial charge < -0.3 is 10.2 Å². The number of nitrogens with one attached hydrogen (secondary N) is 1. The average Bonchev–Trinajstić information content (AvgIpc) is 2.64. The standard InChI is InChI=1S/C19H19F4N3O/c20-16-7-3-1-5-14(16)13-25-9-11-26(12-10-25)18(27)24-17-8-4-2-6-15(17)19(21,22)23/h1-8H,9-13H2,(H,24,27). The summed E-state index contributed by atoms with van der Waals surface area (Å²) in [6.45, 7) is 2.17. The zero-order valence-electron chi connectivity index (χ0n) is 14.5. The summed E-state index contributed by atoms with van der Waals surface area (Å²) in [5, 5.41) is 2.35. The van der Waals surface area contributed by atoms with Crippen LogP contribution < -0.4 is 5.32 Å². The summed E-state index contributed by atoms with van der Waals surface area (Å²) in [4.78, 5) is 15.8. The molecular formula is C19H19F4N3O. The highest BCUT2D eigenvalue weighted by Crippen LogP contribution is 2.34. The third-order valence-electron chi connectivity index (χ3n) is 4.49. The molecule has 27 heavy (non-hydrogen) atoms. The van der Waals surface area contributed by atoms with Crippen molar-refractivity contribution in [1.82, 2.24) is 9.80 Å². The number of nitrogens with zero attached hydrogens (tertiary/aromatic N) is 2. The summed E-state index contributed by atoms with van der Waals surface area (Å²) >= 11 is 0. The number of piperazine rings is 1. The molecular weight excluding hydrogens is 362 g/mol. The Hall–Kier alpha value is -2.61. The fraction of sp³-hybridized carbons (Fsp3) is 0.316. The van der Waals surface area contributed by atoms with E-state index in [-0.39, 0.29) is 11.5 Å². The van der Waals surface area contributed by atoms with E-state index < -0.39 is 17.8 Å². The van der Waals surface area contributed by atoms with Gasteiger partial charge in [0.25, 0.3) is 0 Å². The molecule has 0 spiro atoms. The van der Waals surface area contributed by atoms with Crippen LogP contribution >= 0.6 is 0 Å². The lowest BCUT2D eigenvalue weighted by Crippen LogP contribution is -2.49. The van der Waals surface area contributed by atoms with Crippen LogP contribution in [0.15, 0.2) is 48.5 Å². The number of amides is 2. The van der Waals surface area contributed by atoms with Gasteiger partial charge in [0.15, 0.2) is 0 Å². The minimum Gasteiger partial charge on any atom is -0.322 e. The highest BCUT2D eigenvalue weighted by atomic mass is 19.4. The molecule has 0 radical (unpaired) electrons. The molecule has 144 valence electrons. The van der Waals surface area contributed by atoms with Crippen LogP contribution in [0.3, 0.4) is 0 Å². The van der Waals surface area contributed by atoms with Gasteiger partial charge in [0.05, 0.1) is 11.3 Å². The van der Waals surface area contributed by atoms with Crippen LogP contribution in [0, 0.1) is 5.82 Å². The second-order valence-corrected chi connectivity index (χ2v) is 6.33. The number of carbonyl (C=O) groups is 1.